The Kier molecular flexibility index (Phi) is 7.02. The molecule has 9 heteroatoms. The van der Waals surface area contributed by atoms with E-state index < -0.39 is 23.9 Å². The molecule has 178 valence electrons. The van der Waals surface area contributed by atoms with Crippen LogP contribution in [0.2, 0.25) is 0 Å². The van der Waals surface area contributed by atoms with Crippen molar-refractivity contribution in [3.05, 3.63) is 65.3 Å². The van der Waals surface area contributed by atoms with Gasteiger partial charge in [-0.3, -0.25) is 9.59 Å². The first-order chi connectivity index (χ1) is 16.4. The summed E-state index contributed by atoms with van der Waals surface area (Å²) in [4.78, 5) is 28.6. The summed E-state index contributed by atoms with van der Waals surface area (Å²) in [6, 6.07) is 10.5. The van der Waals surface area contributed by atoms with Crippen LogP contribution in [0.5, 0.6) is 5.75 Å². The molecule has 0 unspecified atom stereocenters. The van der Waals surface area contributed by atoms with Crippen LogP contribution in [-0.2, 0) is 0 Å². The van der Waals surface area contributed by atoms with Crippen LogP contribution < -0.4 is 10.1 Å². The molecule has 1 amide bonds. The van der Waals surface area contributed by atoms with Crippen LogP contribution in [-0.4, -0.2) is 39.6 Å². The van der Waals surface area contributed by atoms with E-state index in [1.165, 1.54) is 12.1 Å². The average molecular weight is 467 g/mol. The molecule has 1 aliphatic carbocycles. The van der Waals surface area contributed by atoms with Gasteiger partial charge >= 0.3 is 0 Å². The van der Waals surface area contributed by atoms with Crippen LogP contribution in [0.25, 0.3) is 11.4 Å². The Hall–Kier alpha value is -3.59. The highest BCUT2D eigenvalue weighted by Crippen LogP contribution is 2.33. The lowest BCUT2D eigenvalue weighted by Gasteiger charge is -2.13. The number of rotatable bonds is 10. The fourth-order valence-electron chi connectivity index (χ4n) is 3.42. The number of benzene rings is 2. The number of hydrogen-bond acceptors (Lipinski definition) is 7. The molecule has 1 saturated carbocycles. The molecular weight excluding hydrogens is 441 g/mol. The molecule has 0 spiro atoms. The molecule has 2 aromatic carbocycles. The Bertz CT molecular complexity index is 1170. The largest absolute Gasteiger partial charge is 0.481 e. The fourth-order valence-corrected chi connectivity index (χ4v) is 3.42. The van der Waals surface area contributed by atoms with Crippen molar-refractivity contribution in [3.8, 4) is 17.1 Å². The zero-order valence-electron chi connectivity index (χ0n) is 19.0. The third kappa shape index (κ3) is 5.31. The van der Waals surface area contributed by atoms with Gasteiger partial charge in [-0.05, 0) is 62.6 Å². The van der Waals surface area contributed by atoms with Crippen molar-refractivity contribution in [3.63, 3.8) is 0 Å². The number of nitrogens with zero attached hydrogens (tertiary/aromatic N) is 2. The van der Waals surface area contributed by atoms with Crippen LogP contribution in [0.15, 0.2) is 47.0 Å². The minimum atomic E-state index is -0.740. The van der Waals surface area contributed by atoms with Crippen molar-refractivity contribution in [2.45, 2.75) is 45.3 Å². The molecule has 34 heavy (non-hydrogen) atoms. The van der Waals surface area contributed by atoms with Gasteiger partial charge in [0.2, 0.25) is 5.82 Å². The Labute approximate surface area is 196 Å². The number of ketones is 1. The lowest BCUT2D eigenvalue weighted by atomic mass is 10.1. The quantitative estimate of drug-likeness (QED) is 0.431. The lowest BCUT2D eigenvalue weighted by Crippen LogP contribution is -2.35. The van der Waals surface area contributed by atoms with E-state index in [0.29, 0.717) is 23.3 Å². The first kappa shape index (κ1) is 23.6. The highest BCUT2D eigenvalue weighted by Gasteiger charge is 2.30. The van der Waals surface area contributed by atoms with Crippen LogP contribution in [0.4, 0.5) is 4.39 Å². The molecule has 0 saturated heterocycles. The number of carbonyl (C=O) groups is 2. The summed E-state index contributed by atoms with van der Waals surface area (Å²) in [6.07, 6.45) is 1.93. The number of aliphatic hydroxyl groups excluding tert-OH is 1. The minimum absolute atomic E-state index is 0.147. The number of nitrogens with one attached hydrogen (secondary N) is 1. The van der Waals surface area contributed by atoms with Gasteiger partial charge in [-0.1, -0.05) is 18.1 Å². The number of halogens is 1. The van der Waals surface area contributed by atoms with Gasteiger partial charge in [-0.15, -0.1) is 0 Å². The predicted octanol–water partition coefficient (Wildman–Crippen LogP) is 4.11. The first-order valence-electron chi connectivity index (χ1n) is 11.3. The van der Waals surface area contributed by atoms with Crippen LogP contribution in [0.1, 0.15) is 65.8 Å². The summed E-state index contributed by atoms with van der Waals surface area (Å²) in [5.74, 6) is -0.0773. The molecule has 1 aliphatic rings. The lowest BCUT2D eigenvalue weighted by molar-refractivity contribution is 0.0917. The second-order valence-corrected chi connectivity index (χ2v) is 8.39. The fraction of sp³-hybridized carbons (Fsp3) is 0.360. The van der Waals surface area contributed by atoms with Gasteiger partial charge in [0.05, 0.1) is 12.2 Å². The zero-order valence-corrected chi connectivity index (χ0v) is 19.0. The standard InChI is InChI=1S/C25H26FN3O5/c1-3-21(33-18-9-6-16(7-10-18)22(31)15-4-5-15)25-28-23(29-34-25)17-8-11-19(20(26)12-17)24(32)27-14(2)13-30/h6-12,14-15,21,30H,3-5,13H2,1-2H3,(H,27,32)/t14-,21-/m1/s1. The maximum absolute atomic E-state index is 14.5. The smallest absolute Gasteiger partial charge is 0.268 e. The van der Waals surface area contributed by atoms with Crippen molar-refractivity contribution in [2.75, 3.05) is 6.61 Å². The van der Waals surface area contributed by atoms with Crippen LogP contribution in [0.3, 0.4) is 0 Å². The maximum Gasteiger partial charge on any atom is 0.268 e. The van der Waals surface area contributed by atoms with Gasteiger partial charge in [0.15, 0.2) is 11.9 Å². The maximum atomic E-state index is 14.5. The van der Waals surface area contributed by atoms with Crippen LogP contribution >= 0.6 is 0 Å². The summed E-state index contributed by atoms with van der Waals surface area (Å²) >= 11 is 0. The number of ether oxygens (including phenoxy) is 1. The van der Waals surface area contributed by atoms with Crippen molar-refractivity contribution in [1.29, 1.82) is 0 Å². The molecule has 8 nitrogen and oxygen atoms in total. The van der Waals surface area contributed by atoms with Gasteiger partial charge in [0.25, 0.3) is 11.8 Å². The van der Waals surface area contributed by atoms with E-state index in [-0.39, 0.29) is 35.6 Å². The van der Waals surface area contributed by atoms with Gasteiger partial charge in [-0.2, -0.15) is 4.98 Å². The Morgan fingerprint density at radius 1 is 1.24 bits per heavy atom. The van der Waals surface area contributed by atoms with Gasteiger partial charge in [0, 0.05) is 23.1 Å². The minimum Gasteiger partial charge on any atom is -0.481 e. The van der Waals surface area contributed by atoms with E-state index in [1.807, 2.05) is 6.92 Å². The molecule has 1 fully saturated rings. The van der Waals surface area contributed by atoms with E-state index in [2.05, 4.69) is 15.5 Å². The number of aromatic nitrogens is 2. The monoisotopic (exact) mass is 467 g/mol. The molecule has 1 heterocycles. The van der Waals surface area contributed by atoms with E-state index >= 15 is 0 Å². The van der Waals surface area contributed by atoms with Crippen molar-refractivity contribution in [1.82, 2.24) is 15.5 Å². The highest BCUT2D eigenvalue weighted by molar-refractivity contribution is 5.99. The third-order valence-corrected chi connectivity index (χ3v) is 5.58. The van der Waals surface area contributed by atoms with E-state index in [9.17, 15) is 14.0 Å². The molecule has 3 aromatic rings. The van der Waals surface area contributed by atoms with Gasteiger partial charge in [-0.25, -0.2) is 4.39 Å². The third-order valence-electron chi connectivity index (χ3n) is 5.58. The summed E-state index contributed by atoms with van der Waals surface area (Å²) in [5, 5.41) is 15.5. The van der Waals surface area contributed by atoms with Gasteiger partial charge < -0.3 is 19.7 Å². The predicted molar refractivity (Wildman–Crippen MR) is 121 cm³/mol. The SMILES string of the molecule is CC[C@@H](Oc1ccc(C(=O)C2CC2)cc1)c1nc(-c2ccc(C(=O)N[C@H](C)CO)c(F)c2)no1. The number of hydrogen-bond donors (Lipinski definition) is 2. The van der Waals surface area contributed by atoms with Crippen LogP contribution in [0, 0.1) is 11.7 Å². The number of aliphatic hydroxyl groups is 1. The van der Waals surface area contributed by atoms with E-state index in [0.717, 1.165) is 18.9 Å². The molecule has 0 aliphatic heterocycles. The molecule has 4 rings (SSSR count). The second-order valence-electron chi connectivity index (χ2n) is 8.39. The second kappa shape index (κ2) is 10.1. The summed E-state index contributed by atoms with van der Waals surface area (Å²) in [6.45, 7) is 3.26. The van der Waals surface area contributed by atoms with Crippen molar-refractivity contribution < 1.29 is 28.3 Å². The Morgan fingerprint density at radius 3 is 2.59 bits per heavy atom. The molecular formula is C25H26FN3O5. The zero-order chi connectivity index (χ0) is 24.2. The van der Waals surface area contributed by atoms with Crippen molar-refractivity contribution >= 4 is 11.7 Å². The first-order valence-corrected chi connectivity index (χ1v) is 11.3. The van der Waals surface area contributed by atoms with E-state index in [1.54, 1.807) is 31.2 Å². The normalized spacial score (nSPS) is 14.9. The van der Waals surface area contributed by atoms with Gasteiger partial charge in [0.1, 0.15) is 11.6 Å². The number of amides is 1. The summed E-state index contributed by atoms with van der Waals surface area (Å²) in [5.41, 5.74) is 0.871. The van der Waals surface area contributed by atoms with Crippen molar-refractivity contribution in [2.24, 2.45) is 5.92 Å². The molecule has 2 atom stereocenters. The molecule has 0 radical (unpaired) electrons. The Balaban J connectivity index is 1.45. The average Bonchev–Trinajstić information content (AvgIpc) is 3.58. The summed E-state index contributed by atoms with van der Waals surface area (Å²) in [7, 11) is 0. The molecule has 2 N–H and O–H groups in total. The molecule has 1 aromatic heterocycles. The number of carbonyl (C=O) groups excluding carboxylic acids is 2. The van der Waals surface area contributed by atoms with E-state index in [4.69, 9.17) is 14.4 Å². The Morgan fingerprint density at radius 2 is 1.97 bits per heavy atom. The topological polar surface area (TPSA) is 115 Å². The molecule has 0 bridgehead atoms. The number of Topliss-reactive ketones (excluding diaryl/α,β-unsaturated/α-hetero) is 1. The highest BCUT2D eigenvalue weighted by atomic mass is 19.1. The summed E-state index contributed by atoms with van der Waals surface area (Å²) < 4.78 is 25.9.